The summed E-state index contributed by atoms with van der Waals surface area (Å²) in [5.74, 6) is 0. The molecule has 0 spiro atoms. The van der Waals surface area contributed by atoms with Gasteiger partial charge in [0.2, 0.25) is 0 Å². The zero-order valence-corrected chi connectivity index (χ0v) is 10.4. The van der Waals surface area contributed by atoms with Gasteiger partial charge < -0.3 is 0 Å². The molecule has 1 aromatic heterocycles. The number of benzene rings is 2. The van der Waals surface area contributed by atoms with E-state index in [-0.39, 0.29) is 0 Å². The maximum atomic E-state index is 8.90. The van der Waals surface area contributed by atoms with Gasteiger partial charge in [-0.3, -0.25) is 4.98 Å². The monoisotopic (exact) mass is 244 g/mol. The van der Waals surface area contributed by atoms with Crippen molar-refractivity contribution < 1.29 is 0 Å². The second-order valence-corrected chi connectivity index (χ2v) is 4.41. The summed E-state index contributed by atoms with van der Waals surface area (Å²) in [7, 11) is 0. The van der Waals surface area contributed by atoms with Crippen molar-refractivity contribution in [3.63, 3.8) is 0 Å². The minimum atomic E-state index is 0.420. The van der Waals surface area contributed by atoms with Crippen LogP contribution in [-0.2, 0) is 6.42 Å². The molecule has 1 heterocycles. The van der Waals surface area contributed by atoms with Crippen LogP contribution < -0.4 is 0 Å². The third kappa shape index (κ3) is 2.19. The summed E-state index contributed by atoms with van der Waals surface area (Å²) in [4.78, 5) is 4.48. The van der Waals surface area contributed by atoms with E-state index in [0.29, 0.717) is 6.42 Å². The summed E-state index contributed by atoms with van der Waals surface area (Å²) in [6.07, 6.45) is 2.29. The second kappa shape index (κ2) is 4.91. The Labute approximate surface area is 112 Å². The van der Waals surface area contributed by atoms with Gasteiger partial charge in [0.25, 0.3) is 0 Å². The Kier molecular flexibility index (Phi) is 2.96. The van der Waals surface area contributed by atoms with Gasteiger partial charge in [-0.05, 0) is 23.3 Å². The Balaban J connectivity index is 2.17. The van der Waals surface area contributed by atoms with Gasteiger partial charge in [-0.2, -0.15) is 5.26 Å². The number of nitriles is 1. The predicted molar refractivity (Wildman–Crippen MR) is 76.5 cm³/mol. The lowest BCUT2D eigenvalue weighted by atomic mass is 9.98. The van der Waals surface area contributed by atoms with Gasteiger partial charge in [0, 0.05) is 17.1 Å². The summed E-state index contributed by atoms with van der Waals surface area (Å²) in [5.41, 5.74) is 4.18. The van der Waals surface area contributed by atoms with Crippen molar-refractivity contribution in [1.82, 2.24) is 4.98 Å². The molecule has 0 atom stereocenters. The molecule has 0 unspecified atom stereocenters. The summed E-state index contributed by atoms with van der Waals surface area (Å²) in [5, 5.41) is 10.0. The predicted octanol–water partition coefficient (Wildman–Crippen LogP) is 3.97. The van der Waals surface area contributed by atoms with Crippen molar-refractivity contribution in [3.8, 4) is 17.2 Å². The Hall–Kier alpha value is -2.66. The third-order valence-electron chi connectivity index (χ3n) is 3.19. The van der Waals surface area contributed by atoms with Crippen molar-refractivity contribution in [3.05, 3.63) is 66.4 Å². The van der Waals surface area contributed by atoms with Gasteiger partial charge in [0.05, 0.1) is 18.0 Å². The van der Waals surface area contributed by atoms with E-state index in [2.05, 4.69) is 23.2 Å². The van der Waals surface area contributed by atoms with Crippen LogP contribution in [0.1, 0.15) is 5.56 Å². The van der Waals surface area contributed by atoms with Crippen LogP contribution in [0, 0.1) is 11.3 Å². The van der Waals surface area contributed by atoms with E-state index in [9.17, 15) is 0 Å². The zero-order valence-electron chi connectivity index (χ0n) is 10.4. The average molecular weight is 244 g/mol. The van der Waals surface area contributed by atoms with E-state index in [1.165, 1.54) is 0 Å². The smallest absolute Gasteiger partial charge is 0.0702 e. The highest BCUT2D eigenvalue weighted by Gasteiger charge is 2.05. The van der Waals surface area contributed by atoms with E-state index in [1.54, 1.807) is 0 Å². The van der Waals surface area contributed by atoms with Gasteiger partial charge in [-0.25, -0.2) is 0 Å². The summed E-state index contributed by atoms with van der Waals surface area (Å²) < 4.78 is 0. The highest BCUT2D eigenvalue weighted by Crippen LogP contribution is 2.26. The van der Waals surface area contributed by atoms with E-state index in [1.807, 2.05) is 48.7 Å². The molecule has 0 N–H and O–H groups in total. The van der Waals surface area contributed by atoms with Crippen molar-refractivity contribution in [2.24, 2.45) is 0 Å². The Morgan fingerprint density at radius 2 is 1.79 bits per heavy atom. The summed E-state index contributed by atoms with van der Waals surface area (Å²) in [6.45, 7) is 0. The first-order valence-corrected chi connectivity index (χ1v) is 6.18. The van der Waals surface area contributed by atoms with Gasteiger partial charge in [-0.1, -0.05) is 42.5 Å². The third-order valence-corrected chi connectivity index (χ3v) is 3.19. The number of pyridine rings is 1. The Morgan fingerprint density at radius 3 is 2.68 bits per heavy atom. The molecule has 90 valence electrons. The van der Waals surface area contributed by atoms with Crippen LogP contribution in [0.3, 0.4) is 0 Å². The lowest BCUT2D eigenvalue weighted by Gasteiger charge is -2.07. The minimum Gasteiger partial charge on any atom is -0.256 e. The first-order chi connectivity index (χ1) is 9.38. The molecule has 0 saturated carbocycles. The molecule has 0 saturated heterocycles. The average Bonchev–Trinajstić information content (AvgIpc) is 2.48. The molecule has 0 aliphatic heterocycles. The van der Waals surface area contributed by atoms with E-state index >= 15 is 0 Å². The molecule has 0 aliphatic rings. The first kappa shape index (κ1) is 11.4. The second-order valence-electron chi connectivity index (χ2n) is 4.41. The maximum Gasteiger partial charge on any atom is 0.0702 e. The fraction of sp³-hybridized carbons (Fsp3) is 0.0588. The van der Waals surface area contributed by atoms with Crippen LogP contribution in [-0.4, -0.2) is 4.98 Å². The van der Waals surface area contributed by atoms with Crippen LogP contribution in [0.4, 0.5) is 0 Å². The maximum absolute atomic E-state index is 8.90. The number of hydrogen-bond donors (Lipinski definition) is 0. The quantitative estimate of drug-likeness (QED) is 0.684. The van der Waals surface area contributed by atoms with Gasteiger partial charge in [0.15, 0.2) is 0 Å². The SMILES string of the molecule is N#CCc1ccccc1-c1cnc2ccccc2c1. The molecule has 2 heteroatoms. The van der Waals surface area contributed by atoms with Crippen molar-refractivity contribution in [2.75, 3.05) is 0 Å². The molecule has 0 radical (unpaired) electrons. The lowest BCUT2D eigenvalue weighted by Crippen LogP contribution is -1.89. The van der Waals surface area contributed by atoms with Gasteiger partial charge in [0.1, 0.15) is 0 Å². The Morgan fingerprint density at radius 1 is 1.00 bits per heavy atom. The highest BCUT2D eigenvalue weighted by molar-refractivity contribution is 5.84. The first-order valence-electron chi connectivity index (χ1n) is 6.18. The van der Waals surface area contributed by atoms with Crippen molar-refractivity contribution >= 4 is 10.9 Å². The van der Waals surface area contributed by atoms with Crippen LogP contribution >= 0.6 is 0 Å². The number of para-hydroxylation sites is 1. The normalized spacial score (nSPS) is 10.3. The summed E-state index contributed by atoms with van der Waals surface area (Å²) in [6, 6.07) is 20.4. The van der Waals surface area contributed by atoms with Crippen molar-refractivity contribution in [1.29, 1.82) is 5.26 Å². The van der Waals surface area contributed by atoms with Gasteiger partial charge in [-0.15, -0.1) is 0 Å². The fourth-order valence-corrected chi connectivity index (χ4v) is 2.26. The number of rotatable bonds is 2. The lowest BCUT2D eigenvalue weighted by molar-refractivity contribution is 1.26. The molecule has 0 fully saturated rings. The molecule has 3 aromatic rings. The van der Waals surface area contributed by atoms with E-state index in [0.717, 1.165) is 27.6 Å². The number of aromatic nitrogens is 1. The van der Waals surface area contributed by atoms with E-state index in [4.69, 9.17) is 5.26 Å². The van der Waals surface area contributed by atoms with Crippen LogP contribution in [0.15, 0.2) is 60.8 Å². The number of fused-ring (bicyclic) bond motifs is 1. The van der Waals surface area contributed by atoms with Crippen molar-refractivity contribution in [2.45, 2.75) is 6.42 Å². The molecular weight excluding hydrogens is 232 g/mol. The highest BCUT2D eigenvalue weighted by atomic mass is 14.6. The van der Waals surface area contributed by atoms with Crippen LogP contribution in [0.2, 0.25) is 0 Å². The molecule has 2 nitrogen and oxygen atoms in total. The molecule has 0 amide bonds. The molecule has 0 aliphatic carbocycles. The number of nitrogens with zero attached hydrogens (tertiary/aromatic N) is 2. The molecule has 2 aromatic carbocycles. The Bertz CT molecular complexity index is 769. The van der Waals surface area contributed by atoms with Crippen LogP contribution in [0.5, 0.6) is 0 Å². The molecule has 0 bridgehead atoms. The topological polar surface area (TPSA) is 36.7 Å². The molecular formula is C17H12N2. The standard InChI is InChI=1S/C17H12N2/c18-10-9-13-5-1-3-7-16(13)15-11-14-6-2-4-8-17(14)19-12-15/h1-8,11-12H,9H2. The zero-order chi connectivity index (χ0) is 13.1. The number of hydrogen-bond acceptors (Lipinski definition) is 2. The largest absolute Gasteiger partial charge is 0.256 e. The molecule has 3 rings (SSSR count). The molecule has 19 heavy (non-hydrogen) atoms. The minimum absolute atomic E-state index is 0.420. The van der Waals surface area contributed by atoms with Gasteiger partial charge >= 0.3 is 0 Å². The fourth-order valence-electron chi connectivity index (χ4n) is 2.26. The van der Waals surface area contributed by atoms with E-state index < -0.39 is 0 Å². The van der Waals surface area contributed by atoms with Crippen LogP contribution in [0.25, 0.3) is 22.0 Å². The summed E-state index contributed by atoms with van der Waals surface area (Å²) >= 11 is 0.